The third-order valence-corrected chi connectivity index (χ3v) is 9.46. The van der Waals surface area contributed by atoms with E-state index in [0.29, 0.717) is 30.1 Å². The maximum atomic E-state index is 11.7. The molecule has 4 fully saturated rings. The van der Waals surface area contributed by atoms with E-state index in [2.05, 4.69) is 11.7 Å². The number of aliphatic hydroxyl groups is 1. The first kappa shape index (κ1) is 21.5. The summed E-state index contributed by atoms with van der Waals surface area (Å²) in [6, 6.07) is 0. The summed E-state index contributed by atoms with van der Waals surface area (Å²) >= 11 is 0. The quantitative estimate of drug-likeness (QED) is 0.315. The highest BCUT2D eigenvalue weighted by atomic mass is 16.6. The van der Waals surface area contributed by atoms with Gasteiger partial charge in [0.1, 0.15) is 5.60 Å². The third kappa shape index (κ3) is 3.04. The fourth-order valence-corrected chi connectivity index (χ4v) is 8.21. The van der Waals surface area contributed by atoms with Crippen molar-refractivity contribution in [3.63, 3.8) is 0 Å². The molecule has 4 rings (SSSR count). The van der Waals surface area contributed by atoms with Crippen LogP contribution in [0.2, 0.25) is 0 Å². The molecule has 4 aliphatic carbocycles. The highest BCUT2D eigenvalue weighted by Crippen LogP contribution is 2.66. The molecule has 0 aromatic heterocycles. The molecule has 7 nitrogen and oxygen atoms in total. The highest BCUT2D eigenvalue weighted by molar-refractivity contribution is 6.36. The second kappa shape index (κ2) is 7.16. The largest absolute Gasteiger partial charge is 0.473 e. The Labute approximate surface area is 177 Å². The minimum atomic E-state index is -1.58. The van der Waals surface area contributed by atoms with Crippen LogP contribution >= 0.6 is 0 Å². The van der Waals surface area contributed by atoms with E-state index in [-0.39, 0.29) is 17.5 Å². The summed E-state index contributed by atoms with van der Waals surface area (Å²) in [6.45, 7) is 5.55. The molecule has 8 atom stereocenters. The number of carbonyl (C=O) groups is 2. The minimum absolute atomic E-state index is 0.205. The normalized spacial score (nSPS) is 47.3. The summed E-state index contributed by atoms with van der Waals surface area (Å²) in [4.78, 5) is 26.2. The van der Waals surface area contributed by atoms with Crippen LogP contribution in [0.15, 0.2) is 0 Å². The van der Waals surface area contributed by atoms with Crippen LogP contribution in [0, 0.1) is 35.0 Å². The van der Waals surface area contributed by atoms with Gasteiger partial charge >= 0.3 is 17.7 Å². The second-order valence-electron chi connectivity index (χ2n) is 10.8. The molecular weight excluding hydrogens is 384 g/mol. The zero-order chi connectivity index (χ0) is 21.9. The Kier molecular flexibility index (Phi) is 5.14. The van der Waals surface area contributed by atoms with Gasteiger partial charge < -0.3 is 20.5 Å². The van der Waals surface area contributed by atoms with Gasteiger partial charge in [-0.25, -0.2) is 4.79 Å². The number of fused-ring (bicyclic) bond motifs is 5. The number of aliphatic carboxylic acids is 1. The van der Waals surface area contributed by atoms with E-state index in [4.69, 9.17) is 4.74 Å². The summed E-state index contributed by atoms with van der Waals surface area (Å²) in [5.74, 6) is 0.891. The van der Waals surface area contributed by atoms with Crippen molar-refractivity contribution in [1.82, 2.24) is 0 Å². The Morgan fingerprint density at radius 1 is 1.00 bits per heavy atom. The van der Waals surface area contributed by atoms with E-state index in [9.17, 15) is 25.3 Å². The van der Waals surface area contributed by atoms with Crippen molar-refractivity contribution in [1.29, 1.82) is 0 Å². The SMILES string of the molecule is CC(=O)O[C@]1(C)CC[C@H]2[C@H](CC[C@@H]3[C@@H]2CC[C@@]2(C)[C@H]3CCC2(O)C(=[N+]=[N-])C(=O)O)C1. The molecule has 0 aromatic carbocycles. The van der Waals surface area contributed by atoms with Crippen LogP contribution in [0.25, 0.3) is 5.53 Å². The average Bonchev–Trinajstić information content (AvgIpc) is 2.92. The molecule has 2 N–H and O–H groups in total. The van der Waals surface area contributed by atoms with Crippen molar-refractivity contribution in [2.75, 3.05) is 0 Å². The van der Waals surface area contributed by atoms with Crippen molar-refractivity contribution in [3.8, 4) is 0 Å². The Hall–Kier alpha value is -1.72. The zero-order valence-electron chi connectivity index (χ0n) is 18.3. The van der Waals surface area contributed by atoms with E-state index in [1.807, 2.05) is 6.92 Å². The third-order valence-electron chi connectivity index (χ3n) is 9.46. The molecule has 0 spiro atoms. The molecule has 0 amide bonds. The summed E-state index contributed by atoms with van der Waals surface area (Å²) in [5.41, 5.74) is 6.31. The molecule has 0 aliphatic heterocycles. The zero-order valence-corrected chi connectivity index (χ0v) is 18.3. The number of hydrogen-bond donors (Lipinski definition) is 2. The number of esters is 1. The van der Waals surface area contributed by atoms with Crippen molar-refractivity contribution < 1.29 is 29.3 Å². The van der Waals surface area contributed by atoms with Crippen molar-refractivity contribution in [3.05, 3.63) is 5.53 Å². The van der Waals surface area contributed by atoms with E-state index < -0.39 is 22.7 Å². The Balaban J connectivity index is 1.56. The first-order chi connectivity index (χ1) is 14.0. The number of rotatable bonds is 3. The highest BCUT2D eigenvalue weighted by Gasteiger charge is 2.68. The molecular formula is C23H34N2O5. The fourth-order valence-electron chi connectivity index (χ4n) is 8.21. The van der Waals surface area contributed by atoms with Gasteiger partial charge in [0.05, 0.1) is 0 Å². The fraction of sp³-hybridized carbons (Fsp3) is 0.870. The number of ether oxygens (including phenoxy) is 1. The topological polar surface area (TPSA) is 120 Å². The number of carboxylic acids is 1. The van der Waals surface area contributed by atoms with E-state index in [1.165, 1.54) is 6.92 Å². The van der Waals surface area contributed by atoms with Gasteiger partial charge in [-0.05, 0) is 94.3 Å². The molecule has 0 radical (unpaired) electrons. The summed E-state index contributed by atoms with van der Waals surface area (Å²) in [6.07, 6.45) is 7.84. The van der Waals surface area contributed by atoms with Crippen LogP contribution < -0.4 is 0 Å². The lowest BCUT2D eigenvalue weighted by Crippen LogP contribution is -2.58. The standard InChI is InChI=1S/C23H34N2O5/c1-13(26)30-21(2)9-6-15-14(12-21)4-5-17-16(15)7-10-22(3)18(17)8-11-23(22,29)19(25-24)20(27)28/h14-18,29H,4-12H2,1-3H3,(H,27,28)/t14-,15+,16-,17-,18+,21-,22+,23?/m1/s1. The van der Waals surface area contributed by atoms with Gasteiger partial charge in [0.15, 0.2) is 5.60 Å². The minimum Gasteiger partial charge on any atom is -0.473 e. The van der Waals surface area contributed by atoms with Crippen LogP contribution in [0.1, 0.15) is 78.6 Å². The first-order valence-electron chi connectivity index (χ1n) is 11.4. The van der Waals surface area contributed by atoms with Crippen LogP contribution in [0.3, 0.4) is 0 Å². The van der Waals surface area contributed by atoms with Gasteiger partial charge in [0.25, 0.3) is 0 Å². The molecule has 0 bridgehead atoms. The molecule has 1 unspecified atom stereocenters. The predicted molar refractivity (Wildman–Crippen MR) is 108 cm³/mol. The molecule has 0 heterocycles. The van der Waals surface area contributed by atoms with Crippen LogP contribution in [0.5, 0.6) is 0 Å². The van der Waals surface area contributed by atoms with Gasteiger partial charge in [0.2, 0.25) is 0 Å². The van der Waals surface area contributed by atoms with Gasteiger partial charge in [-0.2, -0.15) is 4.79 Å². The molecule has 4 saturated carbocycles. The van der Waals surface area contributed by atoms with E-state index in [0.717, 1.165) is 51.4 Å². The number of carbonyl (C=O) groups excluding carboxylic acids is 1. The number of carboxylic acid groups (broad SMARTS) is 1. The van der Waals surface area contributed by atoms with E-state index >= 15 is 0 Å². The summed E-state index contributed by atoms with van der Waals surface area (Å²) in [7, 11) is 0. The van der Waals surface area contributed by atoms with Crippen molar-refractivity contribution in [2.45, 2.75) is 89.8 Å². The molecule has 7 heteroatoms. The summed E-state index contributed by atoms with van der Waals surface area (Å²) in [5, 5.41) is 20.9. The molecule has 30 heavy (non-hydrogen) atoms. The Bertz CT molecular complexity index is 807. The first-order valence-corrected chi connectivity index (χ1v) is 11.4. The Morgan fingerprint density at radius 2 is 1.70 bits per heavy atom. The Morgan fingerprint density at radius 3 is 2.33 bits per heavy atom. The number of nitrogens with zero attached hydrogens (tertiary/aromatic N) is 2. The predicted octanol–water partition coefficient (Wildman–Crippen LogP) is 3.45. The van der Waals surface area contributed by atoms with Gasteiger partial charge in [-0.15, -0.1) is 0 Å². The molecule has 166 valence electrons. The van der Waals surface area contributed by atoms with E-state index in [1.54, 1.807) is 0 Å². The number of hydrogen-bond acceptors (Lipinski definition) is 4. The van der Waals surface area contributed by atoms with Crippen molar-refractivity contribution >= 4 is 17.7 Å². The monoisotopic (exact) mass is 418 g/mol. The summed E-state index contributed by atoms with van der Waals surface area (Å²) < 4.78 is 5.67. The maximum Gasteiger partial charge on any atom is 0.417 e. The van der Waals surface area contributed by atoms with Crippen LogP contribution in [0.4, 0.5) is 0 Å². The van der Waals surface area contributed by atoms with Gasteiger partial charge in [0, 0.05) is 12.3 Å². The maximum absolute atomic E-state index is 11.7. The van der Waals surface area contributed by atoms with Crippen LogP contribution in [-0.2, 0) is 14.3 Å². The van der Waals surface area contributed by atoms with Crippen molar-refractivity contribution in [2.24, 2.45) is 35.0 Å². The lowest BCUT2D eigenvalue weighted by molar-refractivity contribution is -0.168. The van der Waals surface area contributed by atoms with Gasteiger partial charge in [-0.1, -0.05) is 6.92 Å². The lowest BCUT2D eigenvalue weighted by Gasteiger charge is -2.57. The smallest absolute Gasteiger partial charge is 0.417 e. The molecule has 0 saturated heterocycles. The molecule has 0 aromatic rings. The lowest BCUT2D eigenvalue weighted by atomic mass is 9.48. The van der Waals surface area contributed by atoms with Crippen LogP contribution in [-0.4, -0.2) is 43.9 Å². The second-order valence-corrected chi connectivity index (χ2v) is 10.8. The van der Waals surface area contributed by atoms with Gasteiger partial charge in [-0.3, -0.25) is 4.79 Å². The molecule has 4 aliphatic rings. The average molecular weight is 419 g/mol.